The van der Waals surface area contributed by atoms with Crippen LogP contribution in [0.1, 0.15) is 25.8 Å². The lowest BCUT2D eigenvalue weighted by molar-refractivity contribution is -0.130. The lowest BCUT2D eigenvalue weighted by atomic mass is 10.1. The first-order chi connectivity index (χ1) is 10.1. The number of piperazine rings is 1. The van der Waals surface area contributed by atoms with Crippen molar-refractivity contribution in [2.75, 3.05) is 36.0 Å². The molecular formula is C17H26N2OS. The number of rotatable bonds is 5. The van der Waals surface area contributed by atoms with Crippen LogP contribution in [0.2, 0.25) is 0 Å². The van der Waals surface area contributed by atoms with Gasteiger partial charge in [-0.3, -0.25) is 4.79 Å². The van der Waals surface area contributed by atoms with Crippen LogP contribution in [0.25, 0.3) is 0 Å². The van der Waals surface area contributed by atoms with Crippen molar-refractivity contribution in [2.24, 2.45) is 0 Å². The number of carbonyl (C=O) groups is 1. The molecule has 1 aromatic carbocycles. The summed E-state index contributed by atoms with van der Waals surface area (Å²) in [5.74, 6) is 2.00. The second-order valence-electron chi connectivity index (χ2n) is 5.77. The van der Waals surface area contributed by atoms with E-state index in [0.29, 0.717) is 11.7 Å². The third-order valence-electron chi connectivity index (χ3n) is 3.92. The zero-order valence-electron chi connectivity index (χ0n) is 13.3. The Morgan fingerprint density at radius 2 is 2.00 bits per heavy atom. The summed E-state index contributed by atoms with van der Waals surface area (Å²) < 4.78 is 0. The Bertz CT molecular complexity index is 460. The summed E-state index contributed by atoms with van der Waals surface area (Å²) in [5, 5.41) is 0. The van der Waals surface area contributed by atoms with Gasteiger partial charge in [0.1, 0.15) is 0 Å². The average molecular weight is 306 g/mol. The lowest BCUT2D eigenvalue weighted by Crippen LogP contribution is -2.54. The second kappa shape index (κ2) is 7.74. The first-order valence-corrected chi connectivity index (χ1v) is 8.96. The maximum absolute atomic E-state index is 12.3. The van der Waals surface area contributed by atoms with E-state index < -0.39 is 0 Å². The zero-order chi connectivity index (χ0) is 15.2. The normalized spacial score (nSPS) is 18.9. The van der Waals surface area contributed by atoms with E-state index >= 15 is 0 Å². The quantitative estimate of drug-likeness (QED) is 0.781. The molecule has 0 N–H and O–H groups in total. The van der Waals surface area contributed by atoms with Crippen molar-refractivity contribution < 1.29 is 4.79 Å². The fourth-order valence-electron chi connectivity index (χ4n) is 2.70. The van der Waals surface area contributed by atoms with Crippen LogP contribution >= 0.6 is 11.8 Å². The zero-order valence-corrected chi connectivity index (χ0v) is 14.2. The first kappa shape index (κ1) is 16.2. The van der Waals surface area contributed by atoms with Crippen LogP contribution < -0.4 is 4.90 Å². The maximum atomic E-state index is 12.3. The van der Waals surface area contributed by atoms with E-state index in [1.54, 1.807) is 11.8 Å². The number of nitrogens with zero attached hydrogens (tertiary/aromatic N) is 2. The second-order valence-corrected chi connectivity index (χ2v) is 6.88. The van der Waals surface area contributed by atoms with Gasteiger partial charge in [-0.05, 0) is 38.2 Å². The van der Waals surface area contributed by atoms with Crippen LogP contribution in [0.3, 0.4) is 0 Å². The number of amides is 1. The van der Waals surface area contributed by atoms with Gasteiger partial charge in [0.25, 0.3) is 0 Å². The van der Waals surface area contributed by atoms with Crippen molar-refractivity contribution >= 4 is 23.4 Å². The molecule has 21 heavy (non-hydrogen) atoms. The summed E-state index contributed by atoms with van der Waals surface area (Å²) in [5.41, 5.74) is 2.55. The van der Waals surface area contributed by atoms with E-state index in [0.717, 1.165) is 31.8 Å². The van der Waals surface area contributed by atoms with Crippen LogP contribution in [0.4, 0.5) is 5.69 Å². The monoisotopic (exact) mass is 306 g/mol. The SMILES string of the molecule is CCCSCC(=O)N1CCN(c2ccc(C)cc2)C[C@H]1C. The molecule has 0 aliphatic carbocycles. The highest BCUT2D eigenvalue weighted by atomic mass is 32.2. The van der Waals surface area contributed by atoms with E-state index in [2.05, 4.69) is 49.9 Å². The minimum absolute atomic E-state index is 0.287. The molecule has 2 rings (SSSR count). The van der Waals surface area contributed by atoms with Crippen LogP contribution in [0, 0.1) is 6.92 Å². The molecule has 1 aliphatic rings. The Balaban J connectivity index is 1.89. The molecule has 1 fully saturated rings. The van der Waals surface area contributed by atoms with Crippen molar-refractivity contribution in [3.63, 3.8) is 0 Å². The fourth-order valence-corrected chi connectivity index (χ4v) is 3.48. The van der Waals surface area contributed by atoms with Gasteiger partial charge >= 0.3 is 0 Å². The minimum Gasteiger partial charge on any atom is -0.368 e. The fraction of sp³-hybridized carbons (Fsp3) is 0.588. The molecule has 3 nitrogen and oxygen atoms in total. The molecule has 1 atom stereocenters. The molecule has 0 spiro atoms. The van der Waals surface area contributed by atoms with Crippen LogP contribution in [0.5, 0.6) is 0 Å². The van der Waals surface area contributed by atoms with Gasteiger partial charge in [0.2, 0.25) is 5.91 Å². The Morgan fingerprint density at radius 3 is 2.62 bits per heavy atom. The molecule has 0 radical (unpaired) electrons. The van der Waals surface area contributed by atoms with Gasteiger partial charge in [-0.15, -0.1) is 0 Å². The van der Waals surface area contributed by atoms with E-state index in [4.69, 9.17) is 0 Å². The number of carbonyl (C=O) groups excluding carboxylic acids is 1. The Kier molecular flexibility index (Phi) is 5.97. The molecule has 1 aliphatic heterocycles. The summed E-state index contributed by atoms with van der Waals surface area (Å²) in [6.07, 6.45) is 1.13. The van der Waals surface area contributed by atoms with Gasteiger partial charge in [-0.1, -0.05) is 24.6 Å². The molecular weight excluding hydrogens is 280 g/mol. The predicted octanol–water partition coefficient (Wildman–Crippen LogP) is 3.18. The van der Waals surface area contributed by atoms with Crippen molar-refractivity contribution in [1.29, 1.82) is 0 Å². The molecule has 1 aromatic rings. The van der Waals surface area contributed by atoms with Crippen LogP contribution in [0.15, 0.2) is 24.3 Å². The standard InChI is InChI=1S/C17H26N2OS/c1-4-11-21-13-17(20)19-10-9-18(12-15(19)3)16-7-5-14(2)6-8-16/h5-8,15H,4,9-13H2,1-3H3/t15-/m1/s1. The summed E-state index contributed by atoms with van der Waals surface area (Å²) >= 11 is 1.75. The van der Waals surface area contributed by atoms with Crippen molar-refractivity contribution in [3.05, 3.63) is 29.8 Å². The van der Waals surface area contributed by atoms with Crippen LogP contribution in [-0.2, 0) is 4.79 Å². The molecule has 0 unspecified atom stereocenters. The van der Waals surface area contributed by atoms with Gasteiger partial charge in [0, 0.05) is 31.4 Å². The summed E-state index contributed by atoms with van der Waals surface area (Å²) in [7, 11) is 0. The highest BCUT2D eigenvalue weighted by Gasteiger charge is 2.27. The Morgan fingerprint density at radius 1 is 1.29 bits per heavy atom. The molecule has 1 heterocycles. The molecule has 1 amide bonds. The summed E-state index contributed by atoms with van der Waals surface area (Å²) in [4.78, 5) is 16.7. The number of benzene rings is 1. The molecule has 0 bridgehead atoms. The van der Waals surface area contributed by atoms with Crippen molar-refractivity contribution in [1.82, 2.24) is 4.90 Å². The lowest BCUT2D eigenvalue weighted by Gasteiger charge is -2.41. The molecule has 1 saturated heterocycles. The number of aryl methyl sites for hydroxylation is 1. The average Bonchev–Trinajstić information content (AvgIpc) is 2.48. The number of hydrogen-bond acceptors (Lipinski definition) is 3. The number of anilines is 1. The van der Waals surface area contributed by atoms with Gasteiger partial charge < -0.3 is 9.80 Å². The third kappa shape index (κ3) is 4.40. The van der Waals surface area contributed by atoms with E-state index in [1.807, 2.05) is 4.90 Å². The van der Waals surface area contributed by atoms with Crippen LogP contribution in [-0.4, -0.2) is 48.0 Å². The highest BCUT2D eigenvalue weighted by molar-refractivity contribution is 7.99. The molecule has 0 saturated carbocycles. The van der Waals surface area contributed by atoms with E-state index in [1.165, 1.54) is 11.3 Å². The van der Waals surface area contributed by atoms with Crippen molar-refractivity contribution in [3.8, 4) is 0 Å². The van der Waals surface area contributed by atoms with E-state index in [-0.39, 0.29) is 6.04 Å². The molecule has 116 valence electrons. The highest BCUT2D eigenvalue weighted by Crippen LogP contribution is 2.20. The Labute approximate surface area is 132 Å². The molecule has 4 heteroatoms. The number of hydrogen-bond donors (Lipinski definition) is 0. The smallest absolute Gasteiger partial charge is 0.232 e. The maximum Gasteiger partial charge on any atom is 0.232 e. The Hall–Kier alpha value is -1.16. The third-order valence-corrected chi connectivity index (χ3v) is 5.07. The molecule has 0 aromatic heterocycles. The predicted molar refractivity (Wildman–Crippen MR) is 92.2 cm³/mol. The first-order valence-electron chi connectivity index (χ1n) is 7.80. The number of thioether (sulfide) groups is 1. The van der Waals surface area contributed by atoms with E-state index in [9.17, 15) is 4.79 Å². The minimum atomic E-state index is 0.287. The largest absolute Gasteiger partial charge is 0.368 e. The van der Waals surface area contributed by atoms with Gasteiger partial charge in [0.05, 0.1) is 5.75 Å². The van der Waals surface area contributed by atoms with Crippen molar-refractivity contribution in [2.45, 2.75) is 33.2 Å². The van der Waals surface area contributed by atoms with Gasteiger partial charge in [-0.2, -0.15) is 11.8 Å². The topological polar surface area (TPSA) is 23.6 Å². The van der Waals surface area contributed by atoms with Gasteiger partial charge in [-0.25, -0.2) is 0 Å². The van der Waals surface area contributed by atoms with Gasteiger partial charge in [0.15, 0.2) is 0 Å². The summed E-state index contributed by atoms with van der Waals surface area (Å²) in [6.45, 7) is 9.10. The summed E-state index contributed by atoms with van der Waals surface area (Å²) in [6, 6.07) is 8.94.